The molecule has 114 valence electrons. The lowest BCUT2D eigenvalue weighted by molar-refractivity contribution is 0.425. The highest BCUT2D eigenvalue weighted by atomic mass is 32.1. The molecule has 1 aliphatic carbocycles. The lowest BCUT2D eigenvalue weighted by Gasteiger charge is -2.20. The van der Waals surface area contributed by atoms with Crippen LogP contribution in [0.25, 0.3) is 0 Å². The molecule has 1 N–H and O–H groups in total. The predicted molar refractivity (Wildman–Crippen MR) is 88.8 cm³/mol. The van der Waals surface area contributed by atoms with E-state index in [1.54, 1.807) is 0 Å². The summed E-state index contributed by atoms with van der Waals surface area (Å²) in [7, 11) is 0. The molecule has 0 saturated heterocycles. The third-order valence-corrected chi connectivity index (χ3v) is 4.72. The number of aromatic nitrogens is 1. The van der Waals surface area contributed by atoms with Gasteiger partial charge in [-0.3, -0.25) is 0 Å². The molecular weight excluding hydrogens is 266 g/mol. The van der Waals surface area contributed by atoms with Gasteiger partial charge in [0.1, 0.15) is 0 Å². The fraction of sp³-hybridized carbons (Fsp3) is 0.812. The Balaban J connectivity index is 2.18. The summed E-state index contributed by atoms with van der Waals surface area (Å²) in [5.41, 5.74) is 1.43. The molecule has 0 spiro atoms. The zero-order chi connectivity index (χ0) is 14.9. The Bertz CT molecular complexity index is 441. The van der Waals surface area contributed by atoms with Crippen LogP contribution in [0.4, 0.5) is 5.13 Å². The van der Waals surface area contributed by atoms with Crippen molar-refractivity contribution in [2.45, 2.75) is 78.4 Å². The lowest BCUT2D eigenvalue weighted by Crippen LogP contribution is -2.35. The number of thiazole rings is 1. The van der Waals surface area contributed by atoms with Gasteiger partial charge in [0, 0.05) is 29.5 Å². The molecule has 0 radical (unpaired) electrons. The normalized spacial score (nSPS) is 15.9. The van der Waals surface area contributed by atoms with Crippen LogP contribution in [-0.4, -0.2) is 23.1 Å². The van der Waals surface area contributed by atoms with Crippen molar-refractivity contribution in [2.24, 2.45) is 0 Å². The summed E-state index contributed by atoms with van der Waals surface area (Å²) < 4.78 is 0. The van der Waals surface area contributed by atoms with Crippen molar-refractivity contribution < 1.29 is 0 Å². The van der Waals surface area contributed by atoms with E-state index in [-0.39, 0.29) is 5.54 Å². The second-order valence-corrected chi connectivity index (χ2v) is 8.14. The highest BCUT2D eigenvalue weighted by Gasteiger charge is 2.31. The van der Waals surface area contributed by atoms with Crippen LogP contribution in [0.1, 0.15) is 70.9 Å². The first-order chi connectivity index (χ1) is 9.31. The standard InChI is InChI=1S/C16H29N3S/c1-7-19(12-8-9-12)15-18-14(11(2)3)13(20-15)10-17-16(4,5)6/h11-12,17H,7-10H2,1-6H3. The topological polar surface area (TPSA) is 28.2 Å². The van der Waals surface area contributed by atoms with Crippen molar-refractivity contribution in [2.75, 3.05) is 11.4 Å². The maximum atomic E-state index is 4.95. The van der Waals surface area contributed by atoms with E-state index in [4.69, 9.17) is 4.98 Å². The van der Waals surface area contributed by atoms with Crippen LogP contribution >= 0.6 is 11.3 Å². The molecule has 1 aromatic rings. The van der Waals surface area contributed by atoms with E-state index < -0.39 is 0 Å². The smallest absolute Gasteiger partial charge is 0.186 e. The first kappa shape index (κ1) is 15.8. The Hall–Kier alpha value is -0.610. The van der Waals surface area contributed by atoms with Crippen molar-refractivity contribution in [3.63, 3.8) is 0 Å². The van der Waals surface area contributed by atoms with E-state index >= 15 is 0 Å². The minimum absolute atomic E-state index is 0.152. The predicted octanol–water partition coefficient (Wildman–Crippen LogP) is 4.14. The number of nitrogens with zero attached hydrogens (tertiary/aromatic N) is 2. The molecule has 0 aromatic carbocycles. The third-order valence-electron chi connectivity index (χ3n) is 3.62. The van der Waals surface area contributed by atoms with Gasteiger partial charge in [-0.2, -0.15) is 0 Å². The molecule has 0 unspecified atom stereocenters. The van der Waals surface area contributed by atoms with E-state index in [0.717, 1.165) is 19.1 Å². The van der Waals surface area contributed by atoms with Gasteiger partial charge in [-0.25, -0.2) is 4.98 Å². The van der Waals surface area contributed by atoms with Gasteiger partial charge in [-0.05, 0) is 46.5 Å². The highest BCUT2D eigenvalue weighted by molar-refractivity contribution is 7.15. The van der Waals surface area contributed by atoms with Crippen LogP contribution in [-0.2, 0) is 6.54 Å². The van der Waals surface area contributed by atoms with Crippen molar-refractivity contribution in [1.82, 2.24) is 10.3 Å². The first-order valence-corrected chi connectivity index (χ1v) is 8.64. The Morgan fingerprint density at radius 2 is 2.00 bits per heavy atom. The summed E-state index contributed by atoms with van der Waals surface area (Å²) in [6, 6.07) is 0.745. The fourth-order valence-corrected chi connectivity index (χ4v) is 3.62. The molecule has 0 aliphatic heterocycles. The molecule has 2 rings (SSSR count). The van der Waals surface area contributed by atoms with Crippen molar-refractivity contribution in [1.29, 1.82) is 0 Å². The van der Waals surface area contributed by atoms with Gasteiger partial charge < -0.3 is 10.2 Å². The number of anilines is 1. The molecular formula is C16H29N3S. The number of nitrogens with one attached hydrogen (secondary N) is 1. The maximum absolute atomic E-state index is 4.95. The van der Waals surface area contributed by atoms with Crippen LogP contribution in [0.3, 0.4) is 0 Å². The van der Waals surface area contributed by atoms with Gasteiger partial charge in [-0.1, -0.05) is 13.8 Å². The average Bonchev–Trinajstić information content (AvgIpc) is 3.06. The molecule has 4 heteroatoms. The molecule has 0 bridgehead atoms. The van der Waals surface area contributed by atoms with Gasteiger partial charge in [0.25, 0.3) is 0 Å². The average molecular weight is 295 g/mol. The Morgan fingerprint density at radius 3 is 2.45 bits per heavy atom. The fourth-order valence-electron chi connectivity index (χ4n) is 2.33. The van der Waals surface area contributed by atoms with Crippen LogP contribution in [0.15, 0.2) is 0 Å². The second kappa shape index (κ2) is 6.02. The van der Waals surface area contributed by atoms with Crippen LogP contribution in [0, 0.1) is 0 Å². The molecule has 1 saturated carbocycles. The Labute approximate surface area is 127 Å². The summed E-state index contributed by atoms with van der Waals surface area (Å²) in [5, 5.41) is 4.83. The monoisotopic (exact) mass is 295 g/mol. The van der Waals surface area contributed by atoms with Crippen LogP contribution in [0.5, 0.6) is 0 Å². The van der Waals surface area contributed by atoms with Crippen molar-refractivity contribution in [3.05, 3.63) is 10.6 Å². The van der Waals surface area contributed by atoms with E-state index in [2.05, 4.69) is 51.8 Å². The number of rotatable bonds is 6. The zero-order valence-corrected chi connectivity index (χ0v) is 14.6. The summed E-state index contributed by atoms with van der Waals surface area (Å²) >= 11 is 1.88. The minimum atomic E-state index is 0.152. The highest BCUT2D eigenvalue weighted by Crippen LogP contribution is 2.37. The molecule has 0 amide bonds. The molecule has 20 heavy (non-hydrogen) atoms. The summed E-state index contributed by atoms with van der Waals surface area (Å²) in [6.07, 6.45) is 2.67. The SMILES string of the molecule is CCN(c1nc(C(C)C)c(CNC(C)(C)C)s1)C1CC1. The summed E-state index contributed by atoms with van der Waals surface area (Å²) in [5.74, 6) is 0.495. The molecule has 1 fully saturated rings. The van der Waals surface area contributed by atoms with Gasteiger partial charge in [0.05, 0.1) is 5.69 Å². The number of hydrogen-bond acceptors (Lipinski definition) is 4. The van der Waals surface area contributed by atoms with Gasteiger partial charge in [-0.15, -0.1) is 11.3 Å². The maximum Gasteiger partial charge on any atom is 0.186 e. The van der Waals surface area contributed by atoms with Gasteiger partial charge in [0.15, 0.2) is 5.13 Å². The molecule has 1 aliphatic rings. The summed E-state index contributed by atoms with van der Waals surface area (Å²) in [4.78, 5) is 8.84. The van der Waals surface area contributed by atoms with E-state index in [1.807, 2.05) is 11.3 Å². The Morgan fingerprint density at radius 1 is 1.35 bits per heavy atom. The molecule has 0 atom stereocenters. The van der Waals surface area contributed by atoms with Gasteiger partial charge in [0.2, 0.25) is 0 Å². The quantitative estimate of drug-likeness (QED) is 0.855. The Kier molecular flexibility index (Phi) is 4.75. The van der Waals surface area contributed by atoms with Crippen LogP contribution in [0.2, 0.25) is 0 Å². The number of hydrogen-bond donors (Lipinski definition) is 1. The lowest BCUT2D eigenvalue weighted by atomic mass is 10.1. The van der Waals surface area contributed by atoms with Crippen LogP contribution < -0.4 is 10.2 Å². The second-order valence-electron chi connectivity index (χ2n) is 7.08. The van der Waals surface area contributed by atoms with E-state index in [0.29, 0.717) is 5.92 Å². The zero-order valence-electron chi connectivity index (χ0n) is 13.8. The largest absolute Gasteiger partial charge is 0.345 e. The molecule has 3 nitrogen and oxygen atoms in total. The van der Waals surface area contributed by atoms with Gasteiger partial charge >= 0.3 is 0 Å². The minimum Gasteiger partial charge on any atom is -0.345 e. The molecule has 1 aromatic heterocycles. The van der Waals surface area contributed by atoms with E-state index in [1.165, 1.54) is 28.5 Å². The van der Waals surface area contributed by atoms with Crippen molar-refractivity contribution in [3.8, 4) is 0 Å². The third kappa shape index (κ3) is 3.95. The first-order valence-electron chi connectivity index (χ1n) is 7.83. The summed E-state index contributed by atoms with van der Waals surface area (Å²) in [6.45, 7) is 15.4. The van der Waals surface area contributed by atoms with E-state index in [9.17, 15) is 0 Å². The van der Waals surface area contributed by atoms with Crippen molar-refractivity contribution >= 4 is 16.5 Å². The molecule has 1 heterocycles.